The summed E-state index contributed by atoms with van der Waals surface area (Å²) < 4.78 is 0. The van der Waals surface area contributed by atoms with Crippen LogP contribution in [-0.2, 0) is 4.79 Å². The lowest BCUT2D eigenvalue weighted by Gasteiger charge is -2.30. The van der Waals surface area contributed by atoms with Crippen LogP contribution in [0.4, 0.5) is 11.4 Å². The molecular formula is C24H21N3O2. The monoisotopic (exact) mass is 383 g/mol. The Bertz CT molecular complexity index is 1090. The van der Waals surface area contributed by atoms with Gasteiger partial charge in [0.1, 0.15) is 0 Å². The molecule has 2 N–H and O–H groups in total. The fourth-order valence-electron chi connectivity index (χ4n) is 3.73. The summed E-state index contributed by atoms with van der Waals surface area (Å²) in [4.78, 5) is 30.9. The van der Waals surface area contributed by atoms with E-state index in [1.807, 2.05) is 66.7 Å². The first-order valence-electron chi connectivity index (χ1n) is 9.46. The predicted octanol–water partition coefficient (Wildman–Crippen LogP) is 4.40. The molecule has 0 radical (unpaired) electrons. The zero-order valence-corrected chi connectivity index (χ0v) is 16.1. The van der Waals surface area contributed by atoms with Crippen LogP contribution in [0.3, 0.4) is 0 Å². The van der Waals surface area contributed by atoms with Gasteiger partial charge in [-0.25, -0.2) is 0 Å². The molecule has 0 saturated carbocycles. The fraction of sp³-hybridized carbons (Fsp3) is 0.125. The van der Waals surface area contributed by atoms with Crippen molar-refractivity contribution in [1.29, 1.82) is 0 Å². The maximum absolute atomic E-state index is 12.7. The Morgan fingerprint density at radius 1 is 0.931 bits per heavy atom. The van der Waals surface area contributed by atoms with Crippen molar-refractivity contribution in [3.63, 3.8) is 0 Å². The number of carbonyl (C=O) groups excluding carboxylic acids is 2. The van der Waals surface area contributed by atoms with Gasteiger partial charge in [-0.15, -0.1) is 0 Å². The second-order valence-electron chi connectivity index (χ2n) is 7.01. The van der Waals surface area contributed by atoms with Crippen molar-refractivity contribution in [2.75, 3.05) is 4.90 Å². The number of nitrogens with zero attached hydrogens (tertiary/aromatic N) is 2. The van der Waals surface area contributed by atoms with Crippen molar-refractivity contribution in [2.45, 2.75) is 19.4 Å². The first-order valence-corrected chi connectivity index (χ1v) is 9.46. The molecule has 5 nitrogen and oxygen atoms in total. The molecule has 0 fully saturated rings. The summed E-state index contributed by atoms with van der Waals surface area (Å²) in [6.07, 6.45) is 0.550. The summed E-state index contributed by atoms with van der Waals surface area (Å²) in [6, 6.07) is 24.5. The molecule has 3 aromatic carbocycles. The van der Waals surface area contributed by atoms with Crippen molar-refractivity contribution in [1.82, 2.24) is 0 Å². The molecule has 0 aromatic heterocycles. The lowest BCUT2D eigenvalue weighted by molar-refractivity contribution is -0.117. The summed E-state index contributed by atoms with van der Waals surface area (Å²) in [5.74, 6) is -0.538. The Balaban J connectivity index is 1.87. The number of rotatable bonds is 3. The van der Waals surface area contributed by atoms with Gasteiger partial charge in [0.2, 0.25) is 11.8 Å². The fourth-order valence-corrected chi connectivity index (χ4v) is 3.73. The third kappa shape index (κ3) is 3.67. The van der Waals surface area contributed by atoms with Crippen LogP contribution in [0.1, 0.15) is 40.9 Å². The molecule has 1 unspecified atom stereocenters. The maximum Gasteiger partial charge on any atom is 0.248 e. The van der Waals surface area contributed by atoms with E-state index >= 15 is 0 Å². The van der Waals surface area contributed by atoms with Gasteiger partial charge in [-0.3, -0.25) is 14.6 Å². The molecule has 0 aliphatic carbocycles. The molecule has 144 valence electrons. The number of hydrogen-bond acceptors (Lipinski definition) is 3. The van der Waals surface area contributed by atoms with Gasteiger partial charge in [0, 0.05) is 18.9 Å². The van der Waals surface area contributed by atoms with Crippen LogP contribution in [0.5, 0.6) is 0 Å². The zero-order valence-electron chi connectivity index (χ0n) is 16.1. The molecule has 0 saturated heterocycles. The van der Waals surface area contributed by atoms with Gasteiger partial charge < -0.3 is 10.6 Å². The minimum absolute atomic E-state index is 0.0639. The first kappa shape index (κ1) is 18.6. The van der Waals surface area contributed by atoms with Crippen molar-refractivity contribution in [2.24, 2.45) is 10.7 Å². The lowest BCUT2D eigenvalue weighted by Crippen LogP contribution is -2.33. The number of benzene rings is 3. The number of hydrogen-bond donors (Lipinski definition) is 1. The quantitative estimate of drug-likeness (QED) is 0.728. The Hall–Kier alpha value is -3.73. The highest BCUT2D eigenvalue weighted by molar-refractivity contribution is 6.07. The average Bonchev–Trinajstić information content (AvgIpc) is 2.91. The number of nitrogens with two attached hydrogens (primary N) is 1. The Labute approximate surface area is 169 Å². The molecule has 5 heteroatoms. The molecular weight excluding hydrogens is 362 g/mol. The standard InChI is InChI=1S/C24H21N3O2/c1-16(28)27-22-10-6-5-9-20(22)26-21(17-7-3-2-4-8-17)15-23(27)18-11-13-19(14-12-18)24(25)29/h2-14,23H,15H2,1H3,(H2,25,29). The van der Waals surface area contributed by atoms with Crippen LogP contribution >= 0.6 is 0 Å². The number of amides is 2. The largest absolute Gasteiger partial charge is 0.366 e. The highest BCUT2D eigenvalue weighted by atomic mass is 16.2. The number of fused-ring (bicyclic) bond motifs is 1. The summed E-state index contributed by atoms with van der Waals surface area (Å²) in [5, 5.41) is 0. The van der Waals surface area contributed by atoms with E-state index < -0.39 is 5.91 Å². The van der Waals surface area contributed by atoms with E-state index in [1.165, 1.54) is 0 Å². The summed E-state index contributed by atoms with van der Waals surface area (Å²) in [7, 11) is 0. The molecule has 1 aliphatic rings. The van der Waals surface area contributed by atoms with Crippen LogP contribution in [0.2, 0.25) is 0 Å². The molecule has 0 bridgehead atoms. The zero-order chi connectivity index (χ0) is 20.4. The third-order valence-electron chi connectivity index (χ3n) is 5.12. The van der Waals surface area contributed by atoms with Gasteiger partial charge in [0.05, 0.1) is 23.1 Å². The van der Waals surface area contributed by atoms with Crippen LogP contribution in [-0.4, -0.2) is 17.5 Å². The second kappa shape index (κ2) is 7.72. The van der Waals surface area contributed by atoms with E-state index in [-0.39, 0.29) is 11.9 Å². The van der Waals surface area contributed by atoms with Gasteiger partial charge in [-0.1, -0.05) is 54.6 Å². The van der Waals surface area contributed by atoms with Crippen LogP contribution in [0, 0.1) is 0 Å². The van der Waals surface area contributed by atoms with Crippen molar-refractivity contribution < 1.29 is 9.59 Å². The first-order chi connectivity index (χ1) is 14.0. The van der Waals surface area contributed by atoms with Gasteiger partial charge in [-0.05, 0) is 35.4 Å². The Kier molecular flexibility index (Phi) is 4.96. The second-order valence-corrected chi connectivity index (χ2v) is 7.01. The highest BCUT2D eigenvalue weighted by Gasteiger charge is 2.30. The molecule has 1 atom stereocenters. The SMILES string of the molecule is CC(=O)N1c2ccccc2N=C(c2ccccc2)CC1c1ccc(C(N)=O)cc1. The normalized spacial score (nSPS) is 15.8. The Morgan fingerprint density at radius 2 is 1.59 bits per heavy atom. The Morgan fingerprint density at radius 3 is 2.24 bits per heavy atom. The number of carbonyl (C=O) groups is 2. The molecule has 2 amide bonds. The van der Waals surface area contributed by atoms with Crippen molar-refractivity contribution >= 4 is 28.9 Å². The van der Waals surface area contributed by atoms with E-state index in [2.05, 4.69) is 0 Å². The summed E-state index contributed by atoms with van der Waals surface area (Å²) in [6.45, 7) is 1.56. The molecule has 1 heterocycles. The van der Waals surface area contributed by atoms with Crippen molar-refractivity contribution in [3.05, 3.63) is 95.6 Å². The molecule has 4 rings (SSSR count). The van der Waals surface area contributed by atoms with Crippen LogP contribution in [0.15, 0.2) is 83.9 Å². The predicted molar refractivity (Wildman–Crippen MR) is 115 cm³/mol. The van der Waals surface area contributed by atoms with E-state index in [0.717, 1.165) is 28.2 Å². The van der Waals surface area contributed by atoms with Crippen LogP contribution in [0.25, 0.3) is 0 Å². The van der Waals surface area contributed by atoms with E-state index in [4.69, 9.17) is 10.7 Å². The third-order valence-corrected chi connectivity index (χ3v) is 5.12. The number of para-hydroxylation sites is 2. The minimum Gasteiger partial charge on any atom is -0.366 e. The number of primary amides is 1. The molecule has 0 spiro atoms. The van der Waals surface area contributed by atoms with Gasteiger partial charge in [-0.2, -0.15) is 0 Å². The summed E-state index contributed by atoms with van der Waals surface area (Å²) >= 11 is 0. The molecule has 1 aliphatic heterocycles. The van der Waals surface area contributed by atoms with Gasteiger partial charge in [0.15, 0.2) is 0 Å². The van der Waals surface area contributed by atoms with E-state index in [9.17, 15) is 9.59 Å². The van der Waals surface area contributed by atoms with E-state index in [1.54, 1.807) is 24.0 Å². The summed E-state index contributed by atoms with van der Waals surface area (Å²) in [5.41, 5.74) is 10.2. The van der Waals surface area contributed by atoms with Crippen molar-refractivity contribution in [3.8, 4) is 0 Å². The van der Waals surface area contributed by atoms with Crippen LogP contribution < -0.4 is 10.6 Å². The number of anilines is 1. The smallest absolute Gasteiger partial charge is 0.248 e. The topological polar surface area (TPSA) is 75.8 Å². The van der Waals surface area contributed by atoms with Gasteiger partial charge in [0.25, 0.3) is 0 Å². The molecule has 29 heavy (non-hydrogen) atoms. The minimum atomic E-state index is -0.474. The number of aliphatic imine (C=N–C) groups is 1. The maximum atomic E-state index is 12.7. The average molecular weight is 383 g/mol. The van der Waals surface area contributed by atoms with E-state index in [0.29, 0.717) is 12.0 Å². The lowest BCUT2D eigenvalue weighted by atomic mass is 9.95. The molecule has 3 aromatic rings. The van der Waals surface area contributed by atoms with Gasteiger partial charge >= 0.3 is 0 Å². The highest BCUT2D eigenvalue weighted by Crippen LogP contribution is 2.40.